The number of carbonyl (C=O) groups excluding carboxylic acids is 4. The summed E-state index contributed by atoms with van der Waals surface area (Å²) in [5.74, 6) is -4.67. The van der Waals surface area contributed by atoms with E-state index in [0.29, 0.717) is 0 Å². The average molecular weight is 446 g/mol. The molecule has 0 radical (unpaired) electrons. The van der Waals surface area contributed by atoms with Gasteiger partial charge in [0.1, 0.15) is 24.7 Å². The van der Waals surface area contributed by atoms with Crippen LogP contribution in [-0.2, 0) is 24.0 Å². The fourth-order valence-electron chi connectivity index (χ4n) is 2.25. The summed E-state index contributed by atoms with van der Waals surface area (Å²) in [5, 5.41) is 24.5. The Hall–Kier alpha value is -3.46. The molecule has 0 bridgehead atoms. The number of carboxylic acids is 1. The molecule has 0 rings (SSSR count). The molecule has 15 heteroatoms. The maximum absolute atomic E-state index is 12.7. The van der Waals surface area contributed by atoms with E-state index in [1.54, 1.807) is 0 Å². The number of aliphatic imine (C=N–C) groups is 1. The van der Waals surface area contributed by atoms with Crippen LogP contribution in [0.1, 0.15) is 25.7 Å². The number of aliphatic carboxylic acids is 1. The van der Waals surface area contributed by atoms with Crippen molar-refractivity contribution in [2.75, 3.05) is 19.7 Å². The van der Waals surface area contributed by atoms with Crippen molar-refractivity contribution >= 4 is 35.6 Å². The van der Waals surface area contributed by atoms with Crippen LogP contribution in [0.15, 0.2) is 4.99 Å². The Morgan fingerprint density at radius 3 is 2.00 bits per heavy atom. The molecule has 4 amide bonds. The highest BCUT2D eigenvalue weighted by Crippen LogP contribution is 2.03. The molecular weight excluding hydrogens is 416 g/mol. The Morgan fingerprint density at radius 2 is 1.48 bits per heavy atom. The second kappa shape index (κ2) is 14.5. The predicted molar refractivity (Wildman–Crippen MR) is 108 cm³/mol. The molecule has 3 atom stereocenters. The number of hydrogen-bond donors (Lipinski definition) is 9. The molecule has 0 aromatic carbocycles. The topological polar surface area (TPSA) is 278 Å². The molecule has 15 nitrogen and oxygen atoms in total. The fraction of sp³-hybridized carbons (Fsp3) is 0.625. The van der Waals surface area contributed by atoms with Gasteiger partial charge >= 0.3 is 5.97 Å². The molecule has 3 unspecified atom stereocenters. The first-order valence-electron chi connectivity index (χ1n) is 9.28. The molecular formula is C16H30N8O7. The highest BCUT2D eigenvalue weighted by molar-refractivity contribution is 5.93. The number of hydrogen-bond acceptors (Lipinski definition) is 8. The molecule has 0 aromatic heterocycles. The smallest absolute Gasteiger partial charge is 0.322 e. The molecule has 0 aliphatic carbocycles. The van der Waals surface area contributed by atoms with Crippen molar-refractivity contribution in [2.24, 2.45) is 27.9 Å². The molecule has 0 aliphatic heterocycles. The summed E-state index contributed by atoms with van der Waals surface area (Å²) >= 11 is 0. The Balaban J connectivity index is 5.32. The van der Waals surface area contributed by atoms with Crippen LogP contribution in [0.25, 0.3) is 0 Å². The zero-order chi connectivity index (χ0) is 24.0. The van der Waals surface area contributed by atoms with Crippen LogP contribution in [-0.4, -0.2) is 83.6 Å². The van der Waals surface area contributed by atoms with Crippen LogP contribution >= 0.6 is 0 Å². The average Bonchev–Trinajstić information content (AvgIpc) is 2.69. The third-order valence-electron chi connectivity index (χ3n) is 3.84. The Morgan fingerprint density at radius 1 is 0.903 bits per heavy atom. The van der Waals surface area contributed by atoms with Gasteiger partial charge in [-0.05, 0) is 19.3 Å². The van der Waals surface area contributed by atoms with Crippen LogP contribution in [0.4, 0.5) is 0 Å². The standard InChI is InChI=1S/C16H30N8O7/c17-8(7-25)13(29)23-9(2-1-5-21-16(19)20)15(31)24-10(3-4-11(18)26)14(30)22-6-12(27)28/h8-10,25H,1-7,17H2,(H2,18,26)(H,22,30)(H,23,29)(H,24,31)(H,27,28)(H4,19,20,21). The lowest BCUT2D eigenvalue weighted by atomic mass is 10.1. The Kier molecular flexibility index (Phi) is 12.9. The second-order valence-corrected chi connectivity index (χ2v) is 6.48. The third kappa shape index (κ3) is 12.7. The summed E-state index contributed by atoms with van der Waals surface area (Å²) in [6.07, 6.45) is -0.146. The van der Waals surface area contributed by atoms with E-state index in [0.717, 1.165) is 0 Å². The number of primary amides is 1. The van der Waals surface area contributed by atoms with Gasteiger partial charge in [-0.25, -0.2) is 0 Å². The lowest BCUT2D eigenvalue weighted by Gasteiger charge is -2.23. The summed E-state index contributed by atoms with van der Waals surface area (Å²) in [6.45, 7) is -1.21. The number of nitrogens with one attached hydrogen (secondary N) is 3. The van der Waals surface area contributed by atoms with Gasteiger partial charge in [0.05, 0.1) is 6.61 Å². The van der Waals surface area contributed by atoms with Gasteiger partial charge in [0, 0.05) is 13.0 Å². The van der Waals surface area contributed by atoms with E-state index in [9.17, 15) is 24.0 Å². The first kappa shape index (κ1) is 27.5. The molecule has 0 heterocycles. The van der Waals surface area contributed by atoms with Gasteiger partial charge in [0.2, 0.25) is 23.6 Å². The number of carboxylic acid groups (broad SMARTS) is 1. The molecule has 0 fully saturated rings. The summed E-state index contributed by atoms with van der Waals surface area (Å²) < 4.78 is 0. The van der Waals surface area contributed by atoms with E-state index in [-0.39, 0.29) is 38.2 Å². The van der Waals surface area contributed by atoms with E-state index in [1.807, 2.05) is 0 Å². The van der Waals surface area contributed by atoms with Gasteiger partial charge in [0.25, 0.3) is 0 Å². The van der Waals surface area contributed by atoms with Gasteiger partial charge in [-0.1, -0.05) is 0 Å². The predicted octanol–water partition coefficient (Wildman–Crippen LogP) is -5.20. The molecule has 0 aliphatic rings. The lowest BCUT2D eigenvalue weighted by molar-refractivity contribution is -0.138. The minimum absolute atomic E-state index is 0.0474. The van der Waals surface area contributed by atoms with Crippen LogP contribution in [0.2, 0.25) is 0 Å². The number of guanidine groups is 1. The Labute approximate surface area is 178 Å². The minimum Gasteiger partial charge on any atom is -0.480 e. The van der Waals surface area contributed by atoms with Gasteiger partial charge < -0.3 is 49.1 Å². The quantitative estimate of drug-likeness (QED) is 0.0654. The third-order valence-corrected chi connectivity index (χ3v) is 3.84. The highest BCUT2D eigenvalue weighted by atomic mass is 16.4. The van der Waals surface area contributed by atoms with E-state index in [4.69, 9.17) is 33.1 Å². The van der Waals surface area contributed by atoms with Crippen LogP contribution < -0.4 is 38.9 Å². The van der Waals surface area contributed by atoms with Gasteiger partial charge in [-0.2, -0.15) is 0 Å². The fourth-order valence-corrected chi connectivity index (χ4v) is 2.25. The van der Waals surface area contributed by atoms with Crippen molar-refractivity contribution < 1.29 is 34.2 Å². The van der Waals surface area contributed by atoms with E-state index < -0.39 is 60.9 Å². The lowest BCUT2D eigenvalue weighted by Crippen LogP contribution is -2.56. The van der Waals surface area contributed by atoms with E-state index >= 15 is 0 Å². The zero-order valence-electron chi connectivity index (χ0n) is 16.9. The molecule has 13 N–H and O–H groups in total. The SMILES string of the molecule is NC(=O)CCC(NC(=O)C(CCCN=C(N)N)NC(=O)C(N)CO)C(=O)NCC(=O)O. The van der Waals surface area contributed by atoms with Crippen molar-refractivity contribution in [3.63, 3.8) is 0 Å². The first-order valence-corrected chi connectivity index (χ1v) is 9.28. The molecule has 0 spiro atoms. The van der Waals surface area contributed by atoms with Crippen molar-refractivity contribution in [2.45, 2.75) is 43.8 Å². The minimum atomic E-state index is -1.31. The maximum atomic E-state index is 12.7. The number of carbonyl (C=O) groups is 5. The zero-order valence-corrected chi connectivity index (χ0v) is 16.9. The summed E-state index contributed by atoms with van der Waals surface area (Å²) in [5.41, 5.74) is 21.0. The number of aliphatic hydroxyl groups is 1. The van der Waals surface area contributed by atoms with Crippen LogP contribution in [0.3, 0.4) is 0 Å². The van der Waals surface area contributed by atoms with Gasteiger partial charge in [-0.3, -0.25) is 29.0 Å². The summed E-state index contributed by atoms with van der Waals surface area (Å²) in [7, 11) is 0. The Bertz CT molecular complexity index is 681. The van der Waals surface area contributed by atoms with Crippen LogP contribution in [0, 0.1) is 0 Å². The summed E-state index contributed by atoms with van der Waals surface area (Å²) in [6, 6.07) is -3.75. The maximum Gasteiger partial charge on any atom is 0.322 e. The molecule has 0 aromatic rings. The molecule has 176 valence electrons. The van der Waals surface area contributed by atoms with Crippen molar-refractivity contribution in [1.29, 1.82) is 0 Å². The number of rotatable bonds is 15. The first-order chi connectivity index (χ1) is 14.5. The summed E-state index contributed by atoms with van der Waals surface area (Å²) in [4.78, 5) is 62.3. The van der Waals surface area contributed by atoms with Gasteiger partial charge in [0.15, 0.2) is 5.96 Å². The highest BCUT2D eigenvalue weighted by Gasteiger charge is 2.28. The molecule has 0 saturated carbocycles. The van der Waals surface area contributed by atoms with Crippen molar-refractivity contribution in [3.8, 4) is 0 Å². The van der Waals surface area contributed by atoms with E-state index in [2.05, 4.69) is 20.9 Å². The van der Waals surface area contributed by atoms with Crippen molar-refractivity contribution in [3.05, 3.63) is 0 Å². The number of aliphatic hydroxyl groups excluding tert-OH is 1. The van der Waals surface area contributed by atoms with Crippen LogP contribution in [0.5, 0.6) is 0 Å². The number of amides is 4. The van der Waals surface area contributed by atoms with Crippen molar-refractivity contribution in [1.82, 2.24) is 16.0 Å². The number of nitrogens with zero attached hydrogens (tertiary/aromatic N) is 1. The van der Waals surface area contributed by atoms with Gasteiger partial charge in [-0.15, -0.1) is 0 Å². The number of nitrogens with two attached hydrogens (primary N) is 4. The van der Waals surface area contributed by atoms with E-state index in [1.165, 1.54) is 0 Å². The molecule has 0 saturated heterocycles. The second-order valence-electron chi connectivity index (χ2n) is 6.48. The normalized spacial score (nSPS) is 13.2. The largest absolute Gasteiger partial charge is 0.480 e. The molecule has 31 heavy (non-hydrogen) atoms. The monoisotopic (exact) mass is 446 g/mol.